The second-order valence-electron chi connectivity index (χ2n) is 2.73. The molecule has 0 aliphatic rings. The monoisotopic (exact) mass is 190 g/mol. The smallest absolute Gasteiger partial charge is 0.320 e. The van der Waals surface area contributed by atoms with Crippen LogP contribution < -0.4 is 0 Å². The molecule has 0 heterocycles. The highest BCUT2D eigenvalue weighted by Gasteiger charge is 2.28. The van der Waals surface area contributed by atoms with Crippen molar-refractivity contribution in [2.24, 2.45) is 5.92 Å². The number of ether oxygens (including phenoxy) is 1. The van der Waals surface area contributed by atoms with Crippen molar-refractivity contribution < 1.29 is 24.5 Å². The van der Waals surface area contributed by atoms with E-state index in [4.69, 9.17) is 10.2 Å². The Balaban J connectivity index is 4.24. The van der Waals surface area contributed by atoms with Gasteiger partial charge in [-0.25, -0.2) is 0 Å². The summed E-state index contributed by atoms with van der Waals surface area (Å²) in [5, 5.41) is 17.5. The molecule has 2 atom stereocenters. The molecule has 13 heavy (non-hydrogen) atoms. The first-order chi connectivity index (χ1) is 5.99. The lowest BCUT2D eigenvalue weighted by Gasteiger charge is -2.12. The molecule has 0 aromatic rings. The summed E-state index contributed by atoms with van der Waals surface area (Å²) in [5.74, 6) is -3.32. The van der Waals surface area contributed by atoms with Gasteiger partial charge in [0, 0.05) is 0 Å². The normalized spacial score (nSPS) is 14.7. The molecule has 0 spiro atoms. The Morgan fingerprint density at radius 1 is 1.46 bits per heavy atom. The average Bonchev–Trinajstić information content (AvgIpc) is 1.99. The minimum Gasteiger partial charge on any atom is -0.481 e. The summed E-state index contributed by atoms with van der Waals surface area (Å²) in [7, 11) is 0. The SMILES string of the molecule is CCOC(=O)C(CC(C)O)C(=O)O. The van der Waals surface area contributed by atoms with Crippen LogP contribution in [-0.2, 0) is 14.3 Å². The van der Waals surface area contributed by atoms with Crippen molar-refractivity contribution in [3.8, 4) is 0 Å². The van der Waals surface area contributed by atoms with Crippen LogP contribution in [0.5, 0.6) is 0 Å². The van der Waals surface area contributed by atoms with E-state index in [1.165, 1.54) is 6.92 Å². The predicted octanol–water partition coefficient (Wildman–Crippen LogP) is 0.0212. The van der Waals surface area contributed by atoms with Gasteiger partial charge in [0.2, 0.25) is 0 Å². The van der Waals surface area contributed by atoms with Crippen molar-refractivity contribution in [2.75, 3.05) is 6.61 Å². The molecule has 0 bridgehead atoms. The molecule has 0 aromatic carbocycles. The van der Waals surface area contributed by atoms with Crippen molar-refractivity contribution in [3.63, 3.8) is 0 Å². The summed E-state index contributed by atoms with van der Waals surface area (Å²) in [5.41, 5.74) is 0. The number of aliphatic carboxylic acids is 1. The summed E-state index contributed by atoms with van der Waals surface area (Å²) in [6.45, 7) is 3.16. The Kier molecular flexibility index (Phi) is 5.06. The number of carboxylic acid groups (broad SMARTS) is 1. The van der Waals surface area contributed by atoms with Gasteiger partial charge in [-0.05, 0) is 20.3 Å². The van der Waals surface area contributed by atoms with Crippen molar-refractivity contribution >= 4 is 11.9 Å². The number of carboxylic acids is 1. The largest absolute Gasteiger partial charge is 0.481 e. The quantitative estimate of drug-likeness (QED) is 0.471. The zero-order valence-electron chi connectivity index (χ0n) is 7.69. The first kappa shape index (κ1) is 11.9. The second kappa shape index (κ2) is 5.53. The third-order valence-corrected chi connectivity index (χ3v) is 1.45. The fraction of sp³-hybridized carbons (Fsp3) is 0.750. The maximum Gasteiger partial charge on any atom is 0.320 e. The van der Waals surface area contributed by atoms with Gasteiger partial charge in [0.1, 0.15) is 0 Å². The molecule has 0 saturated heterocycles. The van der Waals surface area contributed by atoms with Crippen LogP contribution in [0, 0.1) is 5.92 Å². The molecule has 76 valence electrons. The third-order valence-electron chi connectivity index (χ3n) is 1.45. The van der Waals surface area contributed by atoms with E-state index in [0.717, 1.165) is 0 Å². The molecule has 5 nitrogen and oxygen atoms in total. The first-order valence-corrected chi connectivity index (χ1v) is 4.06. The third kappa shape index (κ3) is 4.47. The van der Waals surface area contributed by atoms with Crippen LogP contribution >= 0.6 is 0 Å². The summed E-state index contributed by atoms with van der Waals surface area (Å²) < 4.78 is 4.54. The number of esters is 1. The fourth-order valence-electron chi connectivity index (χ4n) is 0.882. The van der Waals surface area contributed by atoms with Gasteiger partial charge >= 0.3 is 11.9 Å². The van der Waals surface area contributed by atoms with Gasteiger partial charge in [0.25, 0.3) is 0 Å². The van der Waals surface area contributed by atoms with Crippen LogP contribution in [0.1, 0.15) is 20.3 Å². The van der Waals surface area contributed by atoms with E-state index in [2.05, 4.69) is 4.74 Å². The number of hydrogen-bond donors (Lipinski definition) is 2. The van der Waals surface area contributed by atoms with Gasteiger partial charge in [0.15, 0.2) is 5.92 Å². The number of hydrogen-bond acceptors (Lipinski definition) is 4. The van der Waals surface area contributed by atoms with Crippen molar-refractivity contribution in [1.29, 1.82) is 0 Å². The molecule has 5 heteroatoms. The van der Waals surface area contributed by atoms with Gasteiger partial charge in [-0.2, -0.15) is 0 Å². The zero-order chi connectivity index (χ0) is 10.4. The van der Waals surface area contributed by atoms with E-state index >= 15 is 0 Å². The fourth-order valence-corrected chi connectivity index (χ4v) is 0.882. The highest BCUT2D eigenvalue weighted by molar-refractivity contribution is 5.93. The summed E-state index contributed by atoms with van der Waals surface area (Å²) in [6, 6.07) is 0. The van der Waals surface area contributed by atoms with E-state index in [0.29, 0.717) is 0 Å². The molecular weight excluding hydrogens is 176 g/mol. The lowest BCUT2D eigenvalue weighted by molar-refractivity contribution is -0.159. The molecule has 0 amide bonds. The average molecular weight is 190 g/mol. The molecule has 0 aliphatic heterocycles. The van der Waals surface area contributed by atoms with E-state index < -0.39 is 24.0 Å². The number of aliphatic hydroxyl groups is 1. The highest BCUT2D eigenvalue weighted by Crippen LogP contribution is 2.09. The Bertz CT molecular complexity index is 187. The molecule has 0 aromatic heterocycles. The van der Waals surface area contributed by atoms with Crippen LogP contribution in [-0.4, -0.2) is 34.9 Å². The standard InChI is InChI=1S/C8H14O5/c1-3-13-8(12)6(7(10)11)4-5(2)9/h5-6,9H,3-4H2,1-2H3,(H,10,11). The van der Waals surface area contributed by atoms with Crippen LogP contribution in [0.25, 0.3) is 0 Å². The summed E-state index contributed by atoms with van der Waals surface area (Å²) in [4.78, 5) is 21.5. The van der Waals surface area contributed by atoms with Crippen LogP contribution in [0.2, 0.25) is 0 Å². The molecule has 2 unspecified atom stereocenters. The van der Waals surface area contributed by atoms with E-state index in [9.17, 15) is 9.59 Å². The highest BCUT2D eigenvalue weighted by atomic mass is 16.5. The lowest BCUT2D eigenvalue weighted by atomic mass is 10.0. The number of aliphatic hydroxyl groups excluding tert-OH is 1. The lowest BCUT2D eigenvalue weighted by Crippen LogP contribution is -2.28. The van der Waals surface area contributed by atoms with Gasteiger partial charge < -0.3 is 14.9 Å². The van der Waals surface area contributed by atoms with Crippen molar-refractivity contribution in [1.82, 2.24) is 0 Å². The van der Waals surface area contributed by atoms with Crippen molar-refractivity contribution in [2.45, 2.75) is 26.4 Å². The number of carbonyl (C=O) groups is 2. The molecule has 0 fully saturated rings. The van der Waals surface area contributed by atoms with Gasteiger partial charge in [0.05, 0.1) is 12.7 Å². The Labute approximate surface area is 76.3 Å². The van der Waals surface area contributed by atoms with Crippen LogP contribution in [0.3, 0.4) is 0 Å². The molecule has 0 aliphatic carbocycles. The summed E-state index contributed by atoms with van der Waals surface area (Å²) in [6.07, 6.45) is -0.945. The van der Waals surface area contributed by atoms with Gasteiger partial charge in [-0.3, -0.25) is 9.59 Å². The van der Waals surface area contributed by atoms with Crippen LogP contribution in [0.4, 0.5) is 0 Å². The Hall–Kier alpha value is -1.10. The van der Waals surface area contributed by atoms with E-state index in [1.807, 2.05) is 0 Å². The molecule has 2 N–H and O–H groups in total. The molecular formula is C8H14O5. The summed E-state index contributed by atoms with van der Waals surface area (Å²) >= 11 is 0. The molecule has 0 rings (SSSR count). The number of rotatable bonds is 5. The topological polar surface area (TPSA) is 83.8 Å². The van der Waals surface area contributed by atoms with Crippen LogP contribution in [0.15, 0.2) is 0 Å². The van der Waals surface area contributed by atoms with Crippen molar-refractivity contribution in [3.05, 3.63) is 0 Å². The minimum absolute atomic E-state index is 0.117. The first-order valence-electron chi connectivity index (χ1n) is 4.06. The van der Waals surface area contributed by atoms with E-state index in [-0.39, 0.29) is 13.0 Å². The second-order valence-corrected chi connectivity index (χ2v) is 2.73. The molecule has 0 radical (unpaired) electrons. The Morgan fingerprint density at radius 3 is 2.31 bits per heavy atom. The maximum absolute atomic E-state index is 11.0. The zero-order valence-corrected chi connectivity index (χ0v) is 7.69. The van der Waals surface area contributed by atoms with Gasteiger partial charge in [-0.15, -0.1) is 0 Å². The maximum atomic E-state index is 11.0. The van der Waals surface area contributed by atoms with E-state index in [1.54, 1.807) is 6.92 Å². The molecule has 0 saturated carbocycles. The Morgan fingerprint density at radius 2 is 2.00 bits per heavy atom. The van der Waals surface area contributed by atoms with Gasteiger partial charge in [-0.1, -0.05) is 0 Å². The number of carbonyl (C=O) groups excluding carboxylic acids is 1. The predicted molar refractivity (Wildman–Crippen MR) is 44.1 cm³/mol. The minimum atomic E-state index is -1.26.